The predicted molar refractivity (Wildman–Crippen MR) is 73.3 cm³/mol. The summed E-state index contributed by atoms with van der Waals surface area (Å²) in [5, 5.41) is 0. The first-order chi connectivity index (χ1) is 8.47. The van der Waals surface area contributed by atoms with E-state index in [-0.39, 0.29) is 5.97 Å². The fourth-order valence-electron chi connectivity index (χ4n) is 2.71. The zero-order valence-corrected chi connectivity index (χ0v) is 12.1. The lowest BCUT2D eigenvalue weighted by Crippen LogP contribution is -2.55. The van der Waals surface area contributed by atoms with Crippen LogP contribution in [0.15, 0.2) is 0 Å². The molecule has 1 atom stereocenters. The Morgan fingerprint density at radius 1 is 1.33 bits per heavy atom. The number of ether oxygens (including phenoxy) is 1. The van der Waals surface area contributed by atoms with Crippen LogP contribution in [-0.4, -0.2) is 42.6 Å². The molecule has 0 spiro atoms. The van der Waals surface area contributed by atoms with Crippen molar-refractivity contribution in [2.24, 2.45) is 5.73 Å². The van der Waals surface area contributed by atoms with Gasteiger partial charge in [-0.15, -0.1) is 0 Å². The summed E-state index contributed by atoms with van der Waals surface area (Å²) in [7, 11) is 2.07. The number of rotatable bonds is 5. The number of likely N-dealkylation sites (N-methyl/N-ethyl adjacent to an activating group) is 1. The van der Waals surface area contributed by atoms with E-state index >= 15 is 0 Å². The van der Waals surface area contributed by atoms with E-state index in [0.29, 0.717) is 19.2 Å². The highest BCUT2D eigenvalue weighted by Crippen LogP contribution is 2.22. The Hall–Kier alpha value is -0.610. The van der Waals surface area contributed by atoms with Gasteiger partial charge >= 0.3 is 5.97 Å². The van der Waals surface area contributed by atoms with Gasteiger partial charge in [0.1, 0.15) is 5.54 Å². The number of carbonyl (C=O) groups excluding carboxylic acids is 1. The minimum Gasteiger partial charge on any atom is -0.465 e. The SMILES string of the molecule is CCOC(=O)C(C)(N)CN(C)C1CCCCCC1. The summed E-state index contributed by atoms with van der Waals surface area (Å²) in [4.78, 5) is 14.0. The fourth-order valence-corrected chi connectivity index (χ4v) is 2.71. The Labute approximate surface area is 111 Å². The second-order valence-electron chi connectivity index (χ2n) is 5.70. The molecule has 1 fully saturated rings. The molecule has 1 aliphatic rings. The molecule has 0 bridgehead atoms. The highest BCUT2D eigenvalue weighted by Gasteiger charge is 2.33. The molecule has 0 radical (unpaired) electrons. The second-order valence-corrected chi connectivity index (χ2v) is 5.70. The summed E-state index contributed by atoms with van der Waals surface area (Å²) in [5.74, 6) is -0.300. The summed E-state index contributed by atoms with van der Waals surface area (Å²) < 4.78 is 5.03. The maximum atomic E-state index is 11.8. The maximum Gasteiger partial charge on any atom is 0.327 e. The van der Waals surface area contributed by atoms with E-state index in [9.17, 15) is 4.79 Å². The lowest BCUT2D eigenvalue weighted by molar-refractivity contribution is -0.149. The molecule has 0 amide bonds. The molecule has 1 aliphatic carbocycles. The van der Waals surface area contributed by atoms with Crippen molar-refractivity contribution in [3.8, 4) is 0 Å². The number of nitrogens with zero attached hydrogens (tertiary/aromatic N) is 1. The van der Waals surface area contributed by atoms with Gasteiger partial charge < -0.3 is 15.4 Å². The Bertz CT molecular complexity index is 259. The van der Waals surface area contributed by atoms with Crippen molar-refractivity contribution in [1.29, 1.82) is 0 Å². The van der Waals surface area contributed by atoms with Crippen LogP contribution in [0.4, 0.5) is 0 Å². The predicted octanol–water partition coefficient (Wildman–Crippen LogP) is 1.92. The standard InChI is InChI=1S/C14H28N2O2/c1-4-18-13(17)14(2,15)11-16(3)12-9-7-5-6-8-10-12/h12H,4-11,15H2,1-3H3. The quantitative estimate of drug-likeness (QED) is 0.603. The van der Waals surface area contributed by atoms with E-state index < -0.39 is 5.54 Å². The van der Waals surface area contributed by atoms with Crippen molar-refractivity contribution in [3.63, 3.8) is 0 Å². The van der Waals surface area contributed by atoms with E-state index in [1.807, 2.05) is 6.92 Å². The van der Waals surface area contributed by atoms with Crippen molar-refractivity contribution in [1.82, 2.24) is 4.90 Å². The minimum absolute atomic E-state index is 0.300. The molecule has 0 aromatic carbocycles. The van der Waals surface area contributed by atoms with Gasteiger partial charge in [-0.05, 0) is 33.7 Å². The van der Waals surface area contributed by atoms with E-state index in [0.717, 1.165) is 0 Å². The topological polar surface area (TPSA) is 55.6 Å². The van der Waals surface area contributed by atoms with Gasteiger partial charge in [-0.1, -0.05) is 25.7 Å². The van der Waals surface area contributed by atoms with Crippen LogP contribution < -0.4 is 5.73 Å². The molecule has 106 valence electrons. The van der Waals surface area contributed by atoms with Crippen molar-refractivity contribution in [2.75, 3.05) is 20.2 Å². The molecule has 0 saturated heterocycles. The average molecular weight is 256 g/mol. The van der Waals surface area contributed by atoms with Crippen LogP contribution in [0.3, 0.4) is 0 Å². The summed E-state index contributed by atoms with van der Waals surface area (Å²) in [6, 6.07) is 0.560. The highest BCUT2D eigenvalue weighted by atomic mass is 16.5. The van der Waals surface area contributed by atoms with E-state index in [4.69, 9.17) is 10.5 Å². The van der Waals surface area contributed by atoms with Gasteiger partial charge in [0.2, 0.25) is 0 Å². The largest absolute Gasteiger partial charge is 0.465 e. The van der Waals surface area contributed by atoms with Crippen molar-refractivity contribution >= 4 is 5.97 Å². The maximum absolute atomic E-state index is 11.8. The lowest BCUT2D eigenvalue weighted by atomic mass is 10.0. The molecular weight excluding hydrogens is 228 g/mol. The van der Waals surface area contributed by atoms with Crippen LogP contribution in [0.1, 0.15) is 52.4 Å². The molecule has 18 heavy (non-hydrogen) atoms. The van der Waals surface area contributed by atoms with E-state index in [2.05, 4.69) is 11.9 Å². The zero-order valence-electron chi connectivity index (χ0n) is 12.1. The normalized spacial score (nSPS) is 21.4. The van der Waals surface area contributed by atoms with Crippen LogP contribution in [0, 0.1) is 0 Å². The molecule has 1 saturated carbocycles. The first-order valence-electron chi connectivity index (χ1n) is 7.13. The summed E-state index contributed by atoms with van der Waals surface area (Å²) >= 11 is 0. The minimum atomic E-state index is -0.906. The summed E-state index contributed by atoms with van der Waals surface area (Å²) in [6.07, 6.45) is 7.68. The van der Waals surface area contributed by atoms with Crippen LogP contribution >= 0.6 is 0 Å². The third-order valence-corrected chi connectivity index (χ3v) is 3.77. The van der Waals surface area contributed by atoms with Crippen molar-refractivity contribution < 1.29 is 9.53 Å². The number of carbonyl (C=O) groups is 1. The molecule has 4 nitrogen and oxygen atoms in total. The Morgan fingerprint density at radius 2 is 1.89 bits per heavy atom. The highest BCUT2D eigenvalue weighted by molar-refractivity contribution is 5.80. The van der Waals surface area contributed by atoms with Crippen molar-refractivity contribution in [2.45, 2.75) is 64.0 Å². The molecule has 0 aromatic rings. The van der Waals surface area contributed by atoms with E-state index in [1.165, 1.54) is 38.5 Å². The lowest BCUT2D eigenvalue weighted by Gasteiger charge is -2.33. The smallest absolute Gasteiger partial charge is 0.327 e. The Kier molecular flexibility index (Phi) is 6.09. The van der Waals surface area contributed by atoms with Gasteiger partial charge in [-0.3, -0.25) is 4.79 Å². The fraction of sp³-hybridized carbons (Fsp3) is 0.929. The summed E-state index contributed by atoms with van der Waals surface area (Å²) in [6.45, 7) is 4.52. The monoisotopic (exact) mass is 256 g/mol. The summed E-state index contributed by atoms with van der Waals surface area (Å²) in [5.41, 5.74) is 5.17. The van der Waals surface area contributed by atoms with Crippen LogP contribution in [0.2, 0.25) is 0 Å². The van der Waals surface area contributed by atoms with Gasteiger partial charge in [0, 0.05) is 12.6 Å². The van der Waals surface area contributed by atoms with Gasteiger partial charge in [0.25, 0.3) is 0 Å². The molecule has 0 aromatic heterocycles. The van der Waals surface area contributed by atoms with E-state index in [1.54, 1.807) is 6.92 Å². The van der Waals surface area contributed by atoms with Gasteiger partial charge in [-0.2, -0.15) is 0 Å². The zero-order chi connectivity index (χ0) is 13.6. The third-order valence-electron chi connectivity index (χ3n) is 3.77. The molecular formula is C14H28N2O2. The molecule has 0 aliphatic heterocycles. The average Bonchev–Trinajstić information content (AvgIpc) is 2.57. The van der Waals surface area contributed by atoms with Crippen LogP contribution in [0.5, 0.6) is 0 Å². The first kappa shape index (κ1) is 15.4. The second kappa shape index (κ2) is 7.10. The Morgan fingerprint density at radius 3 is 2.39 bits per heavy atom. The molecule has 1 unspecified atom stereocenters. The number of nitrogens with two attached hydrogens (primary N) is 1. The molecule has 0 heterocycles. The van der Waals surface area contributed by atoms with Crippen LogP contribution in [0.25, 0.3) is 0 Å². The molecule has 2 N–H and O–H groups in total. The Balaban J connectivity index is 2.50. The number of hydrogen-bond donors (Lipinski definition) is 1. The first-order valence-corrected chi connectivity index (χ1v) is 7.13. The third kappa shape index (κ3) is 4.58. The van der Waals surface area contributed by atoms with Gasteiger partial charge in [-0.25, -0.2) is 0 Å². The number of hydrogen-bond acceptors (Lipinski definition) is 4. The van der Waals surface area contributed by atoms with Gasteiger partial charge in [0.15, 0.2) is 0 Å². The molecule has 4 heteroatoms. The van der Waals surface area contributed by atoms with Gasteiger partial charge in [0.05, 0.1) is 6.61 Å². The van der Waals surface area contributed by atoms with Crippen LogP contribution in [-0.2, 0) is 9.53 Å². The van der Waals surface area contributed by atoms with Crippen molar-refractivity contribution in [3.05, 3.63) is 0 Å². The molecule has 1 rings (SSSR count). The number of esters is 1.